The molecule has 250 valence electrons. The molecule has 0 spiro atoms. The first-order valence-electron chi connectivity index (χ1n) is 15.6. The van der Waals surface area contributed by atoms with E-state index in [2.05, 4.69) is 14.8 Å². The van der Waals surface area contributed by atoms with Crippen LogP contribution in [0.15, 0.2) is 82.2 Å². The van der Waals surface area contributed by atoms with Crippen molar-refractivity contribution in [2.75, 3.05) is 31.5 Å². The summed E-state index contributed by atoms with van der Waals surface area (Å²) in [5, 5.41) is 13.7. The zero-order chi connectivity index (χ0) is 33.7. The Morgan fingerprint density at radius 1 is 1.09 bits per heavy atom. The summed E-state index contributed by atoms with van der Waals surface area (Å²) in [6, 6.07) is 22.1. The first-order valence-corrected chi connectivity index (χ1v) is 17.1. The van der Waals surface area contributed by atoms with Crippen LogP contribution in [0.25, 0.3) is 0 Å². The molecule has 0 unspecified atom stereocenters. The van der Waals surface area contributed by atoms with Crippen LogP contribution in [0.5, 0.6) is 17.2 Å². The molecule has 2 N–H and O–H groups in total. The molecule has 3 atom stereocenters. The van der Waals surface area contributed by atoms with E-state index >= 15 is 0 Å². The van der Waals surface area contributed by atoms with Crippen molar-refractivity contribution in [1.29, 1.82) is 0 Å². The summed E-state index contributed by atoms with van der Waals surface area (Å²) in [4.78, 5) is 17.4. The second-order valence-electron chi connectivity index (χ2n) is 12.2. The molecule has 2 heterocycles. The highest BCUT2D eigenvalue weighted by Gasteiger charge is 2.32. The number of hydrogen-bond acceptors (Lipinski definition) is 9. The molecular formula is C35H42N4O7S. The first kappa shape index (κ1) is 34.0. The number of aliphatic hydroxyl groups is 1. The molecule has 0 aliphatic carbocycles. The minimum Gasteiger partial charge on any atom is -0.488 e. The van der Waals surface area contributed by atoms with Crippen LogP contribution >= 0.6 is 0 Å². The molecule has 0 radical (unpaired) electrons. The first-order chi connectivity index (χ1) is 22.4. The van der Waals surface area contributed by atoms with E-state index in [1.54, 1.807) is 30.0 Å². The van der Waals surface area contributed by atoms with Crippen LogP contribution in [-0.4, -0.2) is 73.3 Å². The van der Waals surface area contributed by atoms with E-state index in [1.165, 1.54) is 6.92 Å². The molecule has 1 aliphatic heterocycles. The molecule has 0 saturated carbocycles. The van der Waals surface area contributed by atoms with E-state index in [0.29, 0.717) is 30.9 Å². The fraction of sp³-hybridized carbons (Fsp3) is 0.371. The SMILES string of the molecule is Cc1noc(C)c1S(=O)(=O)Nc1ccc2c(c1)CC(=O)N([C@@H](C)CO)C[C@@H](C)[C@@H](CN(C)Cc1ccc(Oc3ccccc3)cc1)O2. The van der Waals surface area contributed by atoms with Crippen molar-refractivity contribution in [3.05, 3.63) is 95.4 Å². The highest BCUT2D eigenvalue weighted by molar-refractivity contribution is 7.92. The van der Waals surface area contributed by atoms with Gasteiger partial charge in [-0.3, -0.25) is 14.4 Å². The van der Waals surface area contributed by atoms with E-state index in [0.717, 1.165) is 17.1 Å². The zero-order valence-corrected chi connectivity index (χ0v) is 28.2. The topological polar surface area (TPSA) is 134 Å². The third kappa shape index (κ3) is 8.31. The van der Waals surface area contributed by atoms with Crippen LogP contribution < -0.4 is 14.2 Å². The van der Waals surface area contributed by atoms with E-state index in [1.807, 2.05) is 75.5 Å². The van der Waals surface area contributed by atoms with E-state index in [9.17, 15) is 18.3 Å². The molecule has 4 aromatic rings. The lowest BCUT2D eigenvalue weighted by Crippen LogP contribution is -2.47. The number of nitrogens with one attached hydrogen (secondary N) is 1. The Morgan fingerprint density at radius 2 is 1.79 bits per heavy atom. The van der Waals surface area contributed by atoms with Gasteiger partial charge in [-0.05, 0) is 75.8 Å². The van der Waals surface area contributed by atoms with E-state index < -0.39 is 16.1 Å². The summed E-state index contributed by atoms with van der Waals surface area (Å²) >= 11 is 0. The number of anilines is 1. The number of carbonyl (C=O) groups is 1. The Labute approximate surface area is 276 Å². The monoisotopic (exact) mass is 662 g/mol. The van der Waals surface area contributed by atoms with Crippen LogP contribution in [0, 0.1) is 19.8 Å². The largest absolute Gasteiger partial charge is 0.488 e. The van der Waals surface area contributed by atoms with Gasteiger partial charge >= 0.3 is 0 Å². The summed E-state index contributed by atoms with van der Waals surface area (Å²) in [5.74, 6) is 1.95. The van der Waals surface area contributed by atoms with Crippen LogP contribution in [0.1, 0.15) is 36.4 Å². The average molecular weight is 663 g/mol. The summed E-state index contributed by atoms with van der Waals surface area (Å²) in [5.41, 5.74) is 2.18. The van der Waals surface area contributed by atoms with Gasteiger partial charge in [0.1, 0.15) is 29.0 Å². The third-order valence-electron chi connectivity index (χ3n) is 8.25. The minimum atomic E-state index is -4.00. The Bertz CT molecular complexity index is 1760. The minimum absolute atomic E-state index is 0.0206. The zero-order valence-electron chi connectivity index (χ0n) is 27.3. The van der Waals surface area contributed by atoms with Gasteiger partial charge in [-0.1, -0.05) is 42.4 Å². The molecule has 3 aromatic carbocycles. The molecule has 0 bridgehead atoms. The normalized spacial score (nSPS) is 17.7. The number of para-hydroxylation sites is 1. The summed E-state index contributed by atoms with van der Waals surface area (Å²) in [6.45, 7) is 8.37. The molecule has 1 aliphatic rings. The van der Waals surface area contributed by atoms with Crippen molar-refractivity contribution in [3.63, 3.8) is 0 Å². The molecule has 0 saturated heterocycles. The Balaban J connectivity index is 1.35. The molecular weight excluding hydrogens is 620 g/mol. The van der Waals surface area contributed by atoms with Gasteiger partial charge < -0.3 is 24.0 Å². The number of hydrogen-bond donors (Lipinski definition) is 2. The van der Waals surface area contributed by atoms with Gasteiger partial charge in [0.15, 0.2) is 10.7 Å². The number of rotatable bonds is 11. The lowest BCUT2D eigenvalue weighted by Gasteiger charge is -2.34. The maximum absolute atomic E-state index is 13.6. The Hall–Kier alpha value is -4.39. The van der Waals surface area contributed by atoms with Crippen molar-refractivity contribution in [3.8, 4) is 17.2 Å². The van der Waals surface area contributed by atoms with Crippen molar-refractivity contribution in [2.24, 2.45) is 5.92 Å². The van der Waals surface area contributed by atoms with Gasteiger partial charge in [0.25, 0.3) is 10.0 Å². The third-order valence-corrected chi connectivity index (χ3v) is 9.88. The van der Waals surface area contributed by atoms with Gasteiger partial charge in [0.05, 0.1) is 19.1 Å². The van der Waals surface area contributed by atoms with Crippen LogP contribution in [0.4, 0.5) is 5.69 Å². The maximum atomic E-state index is 13.6. The molecule has 1 amide bonds. The number of benzene rings is 3. The standard InChI is InChI=1S/C35H42N4O7S/c1-23-19-39(24(2)22-40)34(41)18-28-17-29(37-47(42,43)35-25(3)36-46-26(35)4)13-16-32(28)45-33(23)21-38(5)20-27-11-14-31(15-12-27)44-30-9-7-6-8-10-30/h6-17,23-24,33,37,40H,18-22H2,1-5H3/t23-,24+,33-/m1/s1. The van der Waals surface area contributed by atoms with Crippen LogP contribution in [0.2, 0.25) is 0 Å². The number of aliphatic hydroxyl groups excluding tert-OH is 1. The lowest BCUT2D eigenvalue weighted by atomic mass is 10.0. The fourth-order valence-electron chi connectivity index (χ4n) is 5.75. The van der Waals surface area contributed by atoms with Gasteiger partial charge in [-0.2, -0.15) is 0 Å². The Morgan fingerprint density at radius 3 is 2.45 bits per heavy atom. The van der Waals surface area contributed by atoms with Crippen molar-refractivity contribution >= 4 is 21.6 Å². The molecule has 11 nitrogen and oxygen atoms in total. The summed E-state index contributed by atoms with van der Waals surface area (Å²) < 4.78 is 46.6. The van der Waals surface area contributed by atoms with Gasteiger partial charge in [-0.15, -0.1) is 0 Å². The van der Waals surface area contributed by atoms with Crippen LogP contribution in [-0.2, 0) is 27.8 Å². The quantitative estimate of drug-likeness (QED) is 0.223. The predicted molar refractivity (Wildman–Crippen MR) is 178 cm³/mol. The number of ether oxygens (including phenoxy) is 2. The number of fused-ring (bicyclic) bond motifs is 1. The van der Waals surface area contributed by atoms with Gasteiger partial charge in [0, 0.05) is 36.8 Å². The van der Waals surface area contributed by atoms with Gasteiger partial charge in [0.2, 0.25) is 5.91 Å². The fourth-order valence-corrected chi connectivity index (χ4v) is 7.13. The summed E-state index contributed by atoms with van der Waals surface area (Å²) in [7, 11) is -1.98. The average Bonchev–Trinajstić information content (AvgIpc) is 3.40. The van der Waals surface area contributed by atoms with Crippen LogP contribution in [0.3, 0.4) is 0 Å². The molecule has 47 heavy (non-hydrogen) atoms. The molecule has 1 aromatic heterocycles. The smallest absolute Gasteiger partial charge is 0.267 e. The predicted octanol–water partition coefficient (Wildman–Crippen LogP) is 5.17. The van der Waals surface area contributed by atoms with Crippen molar-refractivity contribution in [1.82, 2.24) is 15.0 Å². The molecule has 5 rings (SSSR count). The number of aromatic nitrogens is 1. The van der Waals surface area contributed by atoms with E-state index in [4.69, 9.17) is 14.0 Å². The molecule has 12 heteroatoms. The lowest BCUT2D eigenvalue weighted by molar-refractivity contribution is -0.134. The number of sulfonamides is 1. The second kappa shape index (κ2) is 14.6. The maximum Gasteiger partial charge on any atom is 0.267 e. The number of nitrogens with zero attached hydrogens (tertiary/aromatic N) is 3. The van der Waals surface area contributed by atoms with Crippen molar-refractivity contribution in [2.45, 2.75) is 57.7 Å². The van der Waals surface area contributed by atoms with Crippen molar-refractivity contribution < 1.29 is 32.3 Å². The number of aryl methyl sites for hydroxylation is 2. The molecule has 0 fully saturated rings. The highest BCUT2D eigenvalue weighted by Crippen LogP contribution is 2.31. The Kier molecular flexibility index (Phi) is 10.5. The van der Waals surface area contributed by atoms with E-state index in [-0.39, 0.29) is 53.0 Å². The second-order valence-corrected chi connectivity index (χ2v) is 13.8. The summed E-state index contributed by atoms with van der Waals surface area (Å²) in [6.07, 6.45) is -0.337. The van der Waals surface area contributed by atoms with Gasteiger partial charge in [-0.25, -0.2) is 8.42 Å². The number of carbonyl (C=O) groups excluding carboxylic acids is 1. The highest BCUT2D eigenvalue weighted by atomic mass is 32.2. The number of likely N-dealkylation sites (N-methyl/N-ethyl adjacent to an activating group) is 1. The number of amides is 1.